The Hall–Kier alpha value is -1.65. The Labute approximate surface area is 132 Å². The molecule has 1 aliphatic heterocycles. The number of imide groups is 1. The third-order valence-corrected chi connectivity index (χ3v) is 3.68. The molecule has 0 aliphatic carbocycles. The van der Waals surface area contributed by atoms with E-state index in [0.717, 1.165) is 37.0 Å². The molecule has 1 unspecified atom stereocenters. The number of nitrogens with zero attached hydrogens (tertiary/aromatic N) is 1. The molecule has 0 aromatic carbocycles. The molecule has 0 fully saturated rings. The van der Waals surface area contributed by atoms with E-state index in [1.54, 1.807) is 0 Å². The Morgan fingerprint density at radius 1 is 1.09 bits per heavy atom. The molecule has 0 spiro atoms. The molecule has 124 valence electrons. The molecule has 0 aromatic heterocycles. The summed E-state index contributed by atoms with van der Waals surface area (Å²) in [7, 11) is 0. The first-order valence-electron chi connectivity index (χ1n) is 8.19. The number of carbonyl (C=O) groups is 3. The Morgan fingerprint density at radius 2 is 1.73 bits per heavy atom. The molecule has 5 nitrogen and oxygen atoms in total. The van der Waals surface area contributed by atoms with Gasteiger partial charge in [-0.15, -0.1) is 0 Å². The van der Waals surface area contributed by atoms with Crippen molar-refractivity contribution in [1.29, 1.82) is 0 Å². The number of hydrogen-bond donors (Lipinski definition) is 0. The highest BCUT2D eigenvalue weighted by Gasteiger charge is 2.36. The predicted molar refractivity (Wildman–Crippen MR) is 84.0 cm³/mol. The lowest BCUT2D eigenvalue weighted by molar-refractivity contribution is -0.158. The molecular formula is C17H27NO4. The first-order valence-corrected chi connectivity index (χ1v) is 8.19. The monoisotopic (exact) mass is 309 g/mol. The van der Waals surface area contributed by atoms with E-state index in [-0.39, 0.29) is 0 Å². The maximum Gasteiger partial charge on any atom is 0.329 e. The summed E-state index contributed by atoms with van der Waals surface area (Å²) in [5.41, 5.74) is 0. The van der Waals surface area contributed by atoms with Crippen molar-refractivity contribution in [2.24, 2.45) is 5.92 Å². The zero-order valence-corrected chi connectivity index (χ0v) is 13.8. The van der Waals surface area contributed by atoms with Crippen molar-refractivity contribution in [2.75, 3.05) is 6.61 Å². The van der Waals surface area contributed by atoms with Crippen molar-refractivity contribution >= 4 is 17.8 Å². The number of ether oxygens (including phenoxy) is 1. The zero-order chi connectivity index (χ0) is 16.5. The molecule has 1 heterocycles. The van der Waals surface area contributed by atoms with Crippen molar-refractivity contribution in [3.63, 3.8) is 0 Å². The van der Waals surface area contributed by atoms with Crippen LogP contribution in [0.5, 0.6) is 0 Å². The van der Waals surface area contributed by atoms with Gasteiger partial charge in [-0.05, 0) is 25.2 Å². The van der Waals surface area contributed by atoms with Crippen LogP contribution in [0, 0.1) is 5.92 Å². The molecule has 0 bridgehead atoms. The van der Waals surface area contributed by atoms with E-state index in [1.165, 1.54) is 12.2 Å². The van der Waals surface area contributed by atoms with Crippen LogP contribution < -0.4 is 0 Å². The van der Waals surface area contributed by atoms with E-state index in [4.69, 9.17) is 4.74 Å². The lowest BCUT2D eigenvalue weighted by atomic mass is 10.1. The van der Waals surface area contributed by atoms with Gasteiger partial charge in [0, 0.05) is 12.2 Å². The normalized spacial score (nSPS) is 15.7. The average molecular weight is 309 g/mol. The van der Waals surface area contributed by atoms with E-state index in [0.29, 0.717) is 18.9 Å². The largest absolute Gasteiger partial charge is 0.464 e. The second-order valence-corrected chi connectivity index (χ2v) is 6.09. The van der Waals surface area contributed by atoms with E-state index in [2.05, 4.69) is 13.8 Å². The van der Waals surface area contributed by atoms with E-state index >= 15 is 0 Å². The predicted octanol–water partition coefficient (Wildman–Crippen LogP) is 2.84. The van der Waals surface area contributed by atoms with Crippen LogP contribution in [0.25, 0.3) is 0 Å². The van der Waals surface area contributed by atoms with Gasteiger partial charge in [0.05, 0.1) is 6.61 Å². The van der Waals surface area contributed by atoms with Crippen molar-refractivity contribution in [3.05, 3.63) is 12.2 Å². The van der Waals surface area contributed by atoms with Gasteiger partial charge in [-0.3, -0.25) is 14.5 Å². The second-order valence-electron chi connectivity index (χ2n) is 6.09. The van der Waals surface area contributed by atoms with Crippen LogP contribution in [0.1, 0.15) is 59.3 Å². The van der Waals surface area contributed by atoms with Gasteiger partial charge in [0.2, 0.25) is 0 Å². The molecule has 22 heavy (non-hydrogen) atoms. The smallest absolute Gasteiger partial charge is 0.329 e. The van der Waals surface area contributed by atoms with Gasteiger partial charge < -0.3 is 4.74 Å². The molecule has 1 rings (SSSR count). The second kappa shape index (κ2) is 9.38. The minimum atomic E-state index is -0.792. The molecule has 0 saturated carbocycles. The van der Waals surface area contributed by atoms with Crippen molar-refractivity contribution < 1.29 is 19.1 Å². The van der Waals surface area contributed by atoms with E-state index < -0.39 is 23.8 Å². The van der Waals surface area contributed by atoms with Crippen LogP contribution in [0.4, 0.5) is 0 Å². The minimum absolute atomic E-state index is 0.345. The fraction of sp³-hybridized carbons (Fsp3) is 0.706. The summed E-state index contributed by atoms with van der Waals surface area (Å²) in [5, 5.41) is 0. The quantitative estimate of drug-likeness (QED) is 0.354. The first-order chi connectivity index (χ1) is 10.5. The number of amides is 2. The molecule has 0 N–H and O–H groups in total. The lowest BCUT2D eigenvalue weighted by Gasteiger charge is -2.24. The fourth-order valence-corrected chi connectivity index (χ4v) is 2.39. The number of esters is 1. The van der Waals surface area contributed by atoms with Crippen LogP contribution >= 0.6 is 0 Å². The van der Waals surface area contributed by atoms with Crippen LogP contribution in [-0.4, -0.2) is 35.3 Å². The van der Waals surface area contributed by atoms with Crippen LogP contribution in [0.15, 0.2) is 12.2 Å². The fourth-order valence-electron chi connectivity index (χ4n) is 2.39. The van der Waals surface area contributed by atoms with E-state index in [9.17, 15) is 14.4 Å². The highest BCUT2D eigenvalue weighted by Crippen LogP contribution is 2.16. The van der Waals surface area contributed by atoms with Gasteiger partial charge in [0.25, 0.3) is 11.8 Å². The van der Waals surface area contributed by atoms with Gasteiger partial charge in [-0.2, -0.15) is 0 Å². The molecular weight excluding hydrogens is 282 g/mol. The van der Waals surface area contributed by atoms with E-state index in [1.807, 2.05) is 6.92 Å². The zero-order valence-electron chi connectivity index (χ0n) is 13.8. The van der Waals surface area contributed by atoms with Gasteiger partial charge in [-0.1, -0.05) is 40.0 Å². The SMILES string of the molecule is CCCCC(C(=O)OCCCCC(C)C)N1C(=O)C=CC1=O. The maximum absolute atomic E-state index is 12.2. The summed E-state index contributed by atoms with van der Waals surface area (Å²) >= 11 is 0. The minimum Gasteiger partial charge on any atom is -0.464 e. The van der Waals surface area contributed by atoms with Crippen molar-refractivity contribution in [2.45, 2.75) is 65.3 Å². The van der Waals surface area contributed by atoms with Crippen LogP contribution in [0.2, 0.25) is 0 Å². The lowest BCUT2D eigenvalue weighted by Crippen LogP contribution is -2.45. The molecule has 1 atom stereocenters. The van der Waals surface area contributed by atoms with Gasteiger partial charge in [0.1, 0.15) is 6.04 Å². The summed E-state index contributed by atoms with van der Waals surface area (Å²) in [5.74, 6) is -0.687. The third-order valence-electron chi connectivity index (χ3n) is 3.68. The number of carbonyl (C=O) groups excluding carboxylic acids is 3. The Kier molecular flexibility index (Phi) is 7.85. The van der Waals surface area contributed by atoms with Gasteiger partial charge in [0.15, 0.2) is 0 Å². The summed E-state index contributed by atoms with van der Waals surface area (Å²) < 4.78 is 5.28. The van der Waals surface area contributed by atoms with Crippen LogP contribution in [-0.2, 0) is 19.1 Å². The highest BCUT2D eigenvalue weighted by molar-refractivity contribution is 6.14. The topological polar surface area (TPSA) is 63.7 Å². The Balaban J connectivity index is 2.50. The summed E-state index contributed by atoms with van der Waals surface area (Å²) in [6.07, 6.45) is 7.45. The summed E-state index contributed by atoms with van der Waals surface area (Å²) in [6, 6.07) is -0.792. The molecule has 1 aliphatic rings. The molecule has 0 aromatic rings. The van der Waals surface area contributed by atoms with Crippen molar-refractivity contribution in [3.8, 4) is 0 Å². The first kappa shape index (κ1) is 18.4. The summed E-state index contributed by atoms with van der Waals surface area (Å²) in [6.45, 7) is 6.66. The Morgan fingerprint density at radius 3 is 2.27 bits per heavy atom. The standard InChI is InChI=1S/C17H27NO4/c1-4-5-9-14(18-15(19)10-11-16(18)20)17(21)22-12-7-6-8-13(2)3/h10-11,13-14H,4-9,12H2,1-3H3. The molecule has 0 radical (unpaired) electrons. The third kappa shape index (κ3) is 5.62. The summed E-state index contributed by atoms with van der Waals surface area (Å²) in [4.78, 5) is 36.8. The van der Waals surface area contributed by atoms with Crippen molar-refractivity contribution in [1.82, 2.24) is 4.90 Å². The molecule has 5 heteroatoms. The van der Waals surface area contributed by atoms with Crippen LogP contribution in [0.3, 0.4) is 0 Å². The van der Waals surface area contributed by atoms with Gasteiger partial charge in [-0.25, -0.2) is 4.79 Å². The molecule has 2 amide bonds. The number of unbranched alkanes of at least 4 members (excludes halogenated alkanes) is 2. The Bertz CT molecular complexity index is 410. The number of rotatable bonds is 10. The molecule has 0 saturated heterocycles. The highest BCUT2D eigenvalue weighted by atomic mass is 16.5. The van der Waals surface area contributed by atoms with Gasteiger partial charge >= 0.3 is 5.97 Å². The maximum atomic E-state index is 12.2. The average Bonchev–Trinajstić information content (AvgIpc) is 2.79. The number of hydrogen-bond acceptors (Lipinski definition) is 4.